The summed E-state index contributed by atoms with van der Waals surface area (Å²) in [7, 11) is 0. The number of nitrogens with one attached hydrogen (secondary N) is 2. The zero-order chi connectivity index (χ0) is 13.9. The number of rotatable bonds is 3. The Kier molecular flexibility index (Phi) is 3.20. The third kappa shape index (κ3) is 2.27. The van der Waals surface area contributed by atoms with Crippen molar-refractivity contribution in [3.63, 3.8) is 0 Å². The number of amidine groups is 1. The molecule has 0 saturated carbocycles. The summed E-state index contributed by atoms with van der Waals surface area (Å²) >= 11 is 0. The topological polar surface area (TPSA) is 81.4 Å². The van der Waals surface area contributed by atoms with Crippen molar-refractivity contribution in [2.24, 2.45) is 15.0 Å². The average molecular weight is 269 g/mol. The van der Waals surface area contributed by atoms with Gasteiger partial charge in [-0.2, -0.15) is 0 Å². The molecule has 2 aliphatic heterocycles. The highest BCUT2D eigenvalue weighted by molar-refractivity contribution is 6.00. The van der Waals surface area contributed by atoms with E-state index in [2.05, 4.69) is 32.2 Å². The molecule has 3 N–H and O–H groups in total. The van der Waals surface area contributed by atoms with E-state index in [9.17, 15) is 5.11 Å². The second-order valence-corrected chi connectivity index (χ2v) is 4.56. The zero-order valence-electron chi connectivity index (χ0n) is 10.8. The Balaban J connectivity index is 1.81. The molecule has 0 aromatic heterocycles. The van der Waals surface area contributed by atoms with Gasteiger partial charge in [0.25, 0.3) is 0 Å². The maximum Gasteiger partial charge on any atom is 0.170 e. The molecule has 2 atom stereocenters. The predicted molar refractivity (Wildman–Crippen MR) is 80.1 cm³/mol. The predicted octanol–water partition coefficient (Wildman–Crippen LogP) is 1.07. The van der Waals surface area contributed by atoms with Crippen molar-refractivity contribution in [2.45, 2.75) is 18.8 Å². The summed E-state index contributed by atoms with van der Waals surface area (Å²) in [6.07, 6.45) is 3.12. The van der Waals surface area contributed by atoms with Gasteiger partial charge in [-0.1, -0.05) is 30.8 Å². The lowest BCUT2D eigenvalue weighted by molar-refractivity contribution is 0.513. The van der Waals surface area contributed by atoms with Crippen molar-refractivity contribution in [1.29, 1.82) is 0 Å². The summed E-state index contributed by atoms with van der Waals surface area (Å²) in [6, 6.07) is 7.49. The first-order valence-corrected chi connectivity index (χ1v) is 6.32. The molecular weight excluding hydrogens is 254 g/mol. The molecular formula is C14H15N5O. The molecule has 0 saturated heterocycles. The highest BCUT2D eigenvalue weighted by Crippen LogP contribution is 2.17. The molecule has 2 aliphatic rings. The third-order valence-electron chi connectivity index (χ3n) is 3.26. The smallest absolute Gasteiger partial charge is 0.170 e. The first-order valence-electron chi connectivity index (χ1n) is 6.32. The SMILES string of the molecule is C=C(O)c1ccccc1CN=C1NC=NC2N=CNC12. The Morgan fingerprint density at radius 3 is 2.95 bits per heavy atom. The summed E-state index contributed by atoms with van der Waals surface area (Å²) in [4.78, 5) is 13.0. The van der Waals surface area contributed by atoms with Crippen LogP contribution in [0.2, 0.25) is 0 Å². The minimum Gasteiger partial charge on any atom is -0.508 e. The van der Waals surface area contributed by atoms with Gasteiger partial charge in [0.05, 0.1) is 19.2 Å². The van der Waals surface area contributed by atoms with E-state index in [1.54, 1.807) is 12.7 Å². The molecule has 3 rings (SSSR count). The Morgan fingerprint density at radius 2 is 2.10 bits per heavy atom. The van der Waals surface area contributed by atoms with E-state index >= 15 is 0 Å². The van der Waals surface area contributed by atoms with E-state index in [4.69, 9.17) is 0 Å². The average Bonchev–Trinajstić information content (AvgIpc) is 2.94. The number of aliphatic hydroxyl groups is 1. The molecule has 1 aromatic rings. The Morgan fingerprint density at radius 1 is 1.30 bits per heavy atom. The van der Waals surface area contributed by atoms with Crippen LogP contribution in [0.5, 0.6) is 0 Å². The Bertz CT molecular complexity index is 620. The van der Waals surface area contributed by atoms with Gasteiger partial charge >= 0.3 is 0 Å². The van der Waals surface area contributed by atoms with Crippen molar-refractivity contribution in [3.05, 3.63) is 42.0 Å². The molecule has 0 aliphatic carbocycles. The quantitative estimate of drug-likeness (QED) is 0.718. The summed E-state index contributed by atoms with van der Waals surface area (Å²) < 4.78 is 0. The fourth-order valence-electron chi connectivity index (χ4n) is 2.24. The lowest BCUT2D eigenvalue weighted by atomic mass is 10.1. The molecule has 0 spiro atoms. The van der Waals surface area contributed by atoms with Crippen molar-refractivity contribution < 1.29 is 5.11 Å². The zero-order valence-corrected chi connectivity index (χ0v) is 10.8. The molecule has 1 aromatic carbocycles. The van der Waals surface area contributed by atoms with Gasteiger partial charge in [-0.3, -0.25) is 4.99 Å². The van der Waals surface area contributed by atoms with Crippen LogP contribution in [0.3, 0.4) is 0 Å². The summed E-state index contributed by atoms with van der Waals surface area (Å²) in [5.41, 5.74) is 1.64. The number of aliphatic hydroxyl groups excluding tert-OH is 1. The molecule has 20 heavy (non-hydrogen) atoms. The number of hydrogen-bond donors (Lipinski definition) is 3. The Hall–Kier alpha value is -2.63. The Labute approximate surface area is 116 Å². The fraction of sp³-hybridized carbons (Fsp3) is 0.214. The molecule has 102 valence electrons. The summed E-state index contributed by atoms with van der Waals surface area (Å²) in [5, 5.41) is 15.7. The molecule has 6 heteroatoms. The molecule has 0 fully saturated rings. The first-order chi connectivity index (χ1) is 9.75. The van der Waals surface area contributed by atoms with Gasteiger partial charge in [0.2, 0.25) is 0 Å². The van der Waals surface area contributed by atoms with Crippen LogP contribution in [0.15, 0.2) is 45.8 Å². The minimum absolute atomic E-state index is 0.0375. The molecule has 0 bridgehead atoms. The van der Waals surface area contributed by atoms with Gasteiger partial charge in [-0.05, 0) is 5.56 Å². The van der Waals surface area contributed by atoms with Gasteiger partial charge in [-0.15, -0.1) is 0 Å². The van der Waals surface area contributed by atoms with Crippen LogP contribution in [0.4, 0.5) is 0 Å². The van der Waals surface area contributed by atoms with Crippen LogP contribution in [-0.2, 0) is 6.54 Å². The van der Waals surface area contributed by atoms with Gasteiger partial charge < -0.3 is 15.7 Å². The van der Waals surface area contributed by atoms with E-state index in [0.29, 0.717) is 12.1 Å². The second kappa shape index (κ2) is 5.16. The van der Waals surface area contributed by atoms with Crippen molar-refractivity contribution in [1.82, 2.24) is 10.6 Å². The van der Waals surface area contributed by atoms with Gasteiger partial charge in [-0.25, -0.2) is 9.98 Å². The standard InChI is InChI=1S/C14H15N5O/c1-9(20)11-5-3-2-4-10(11)6-15-13-12-14(17-7-16-12)19-8-18-13/h2-5,7-8,12,14,20H,1,6H2,(H,16,17)(H,15,18,19). The monoisotopic (exact) mass is 269 g/mol. The number of fused-ring (bicyclic) bond motifs is 1. The number of hydrogen-bond acceptors (Lipinski definition) is 5. The minimum atomic E-state index is -0.141. The maximum absolute atomic E-state index is 9.58. The molecule has 0 radical (unpaired) electrons. The van der Waals surface area contributed by atoms with Crippen molar-refractivity contribution in [2.75, 3.05) is 0 Å². The van der Waals surface area contributed by atoms with E-state index in [1.165, 1.54) is 0 Å². The number of aliphatic imine (C=N–C) groups is 3. The van der Waals surface area contributed by atoms with Crippen LogP contribution in [-0.4, -0.2) is 35.8 Å². The van der Waals surface area contributed by atoms with Crippen molar-refractivity contribution in [3.8, 4) is 0 Å². The van der Waals surface area contributed by atoms with E-state index < -0.39 is 0 Å². The number of benzene rings is 1. The van der Waals surface area contributed by atoms with Gasteiger partial charge in [0, 0.05) is 5.56 Å². The van der Waals surface area contributed by atoms with Crippen LogP contribution in [0.1, 0.15) is 11.1 Å². The third-order valence-corrected chi connectivity index (χ3v) is 3.26. The normalized spacial score (nSPS) is 25.1. The maximum atomic E-state index is 9.58. The second-order valence-electron chi connectivity index (χ2n) is 4.56. The first kappa shape index (κ1) is 12.4. The molecule has 2 heterocycles. The highest BCUT2D eigenvalue weighted by Gasteiger charge is 2.30. The molecule has 6 nitrogen and oxygen atoms in total. The molecule has 2 unspecified atom stereocenters. The molecule has 0 amide bonds. The lowest BCUT2D eigenvalue weighted by Crippen LogP contribution is -2.49. The van der Waals surface area contributed by atoms with Crippen LogP contribution in [0, 0.1) is 0 Å². The van der Waals surface area contributed by atoms with E-state index in [0.717, 1.165) is 11.4 Å². The fourth-order valence-corrected chi connectivity index (χ4v) is 2.24. The van der Waals surface area contributed by atoms with Crippen LogP contribution in [0.25, 0.3) is 5.76 Å². The van der Waals surface area contributed by atoms with E-state index in [-0.39, 0.29) is 18.0 Å². The van der Waals surface area contributed by atoms with Gasteiger partial charge in [0.15, 0.2) is 6.17 Å². The summed E-state index contributed by atoms with van der Waals surface area (Å²) in [6.45, 7) is 4.03. The van der Waals surface area contributed by atoms with Gasteiger partial charge in [0.1, 0.15) is 17.6 Å². The number of nitrogens with zero attached hydrogens (tertiary/aromatic N) is 3. The largest absolute Gasteiger partial charge is 0.508 e. The van der Waals surface area contributed by atoms with Crippen LogP contribution < -0.4 is 10.6 Å². The van der Waals surface area contributed by atoms with Crippen molar-refractivity contribution >= 4 is 24.3 Å². The van der Waals surface area contributed by atoms with E-state index in [1.807, 2.05) is 24.3 Å². The highest BCUT2D eigenvalue weighted by atomic mass is 16.3. The van der Waals surface area contributed by atoms with Crippen LogP contribution >= 0.6 is 0 Å². The lowest BCUT2D eigenvalue weighted by Gasteiger charge is -2.21. The summed E-state index contributed by atoms with van der Waals surface area (Å²) in [5.74, 6) is 0.847.